The SMILES string of the molecule is CC(C)CNC(F)(CCCc1ccccc1)C(=O)NCC#N. The van der Waals surface area contributed by atoms with Gasteiger partial charge in [-0.05, 0) is 24.3 Å². The standard InChI is InChI=1S/C17H24FN3O/c1-14(2)13-21-17(18,16(22)20-12-11-19)10-6-9-15-7-4-3-5-8-15/h3-5,7-8,14,21H,6,9-10,12-13H2,1-2H3,(H,20,22). The molecule has 0 aliphatic heterocycles. The van der Waals surface area contributed by atoms with E-state index in [2.05, 4.69) is 10.6 Å². The third kappa shape index (κ3) is 6.23. The summed E-state index contributed by atoms with van der Waals surface area (Å²) in [5.74, 6) is -2.66. The number of halogens is 1. The molecule has 0 aromatic heterocycles. The second-order valence-electron chi connectivity index (χ2n) is 5.76. The number of nitrogens with one attached hydrogen (secondary N) is 2. The minimum absolute atomic E-state index is 0.0753. The molecule has 1 unspecified atom stereocenters. The lowest BCUT2D eigenvalue weighted by molar-refractivity contribution is -0.135. The Kier molecular flexibility index (Phi) is 7.55. The van der Waals surface area contributed by atoms with Crippen LogP contribution in [-0.4, -0.2) is 24.8 Å². The monoisotopic (exact) mass is 305 g/mol. The number of hydrogen-bond donors (Lipinski definition) is 2. The average Bonchev–Trinajstić information content (AvgIpc) is 2.51. The number of amides is 1. The smallest absolute Gasteiger partial charge is 0.273 e. The summed E-state index contributed by atoms with van der Waals surface area (Å²) < 4.78 is 14.9. The molecule has 1 aromatic carbocycles. The van der Waals surface area contributed by atoms with Gasteiger partial charge in [-0.15, -0.1) is 0 Å². The number of benzene rings is 1. The van der Waals surface area contributed by atoms with Crippen molar-refractivity contribution >= 4 is 5.91 Å². The molecular weight excluding hydrogens is 281 g/mol. The van der Waals surface area contributed by atoms with Crippen LogP contribution in [0.4, 0.5) is 4.39 Å². The normalized spacial score (nSPS) is 13.4. The molecule has 0 saturated heterocycles. The van der Waals surface area contributed by atoms with Gasteiger partial charge >= 0.3 is 0 Å². The largest absolute Gasteiger partial charge is 0.339 e. The zero-order valence-electron chi connectivity index (χ0n) is 13.2. The molecule has 22 heavy (non-hydrogen) atoms. The van der Waals surface area contributed by atoms with Crippen LogP contribution in [0, 0.1) is 17.2 Å². The van der Waals surface area contributed by atoms with Crippen molar-refractivity contribution in [2.75, 3.05) is 13.1 Å². The Morgan fingerprint density at radius 3 is 2.64 bits per heavy atom. The average molecular weight is 305 g/mol. The van der Waals surface area contributed by atoms with E-state index >= 15 is 0 Å². The highest BCUT2D eigenvalue weighted by Gasteiger charge is 2.37. The van der Waals surface area contributed by atoms with Crippen LogP contribution >= 0.6 is 0 Å². The van der Waals surface area contributed by atoms with Crippen LogP contribution in [0.5, 0.6) is 0 Å². The van der Waals surface area contributed by atoms with Crippen LogP contribution in [0.1, 0.15) is 32.3 Å². The molecule has 0 fully saturated rings. The predicted octanol–water partition coefficient (Wildman–Crippen LogP) is 2.56. The Morgan fingerprint density at radius 2 is 2.05 bits per heavy atom. The molecule has 120 valence electrons. The highest BCUT2D eigenvalue weighted by molar-refractivity contribution is 5.84. The molecule has 0 aliphatic rings. The fourth-order valence-corrected chi connectivity index (χ4v) is 2.09. The fraction of sp³-hybridized carbons (Fsp3) is 0.529. The van der Waals surface area contributed by atoms with Crippen molar-refractivity contribution in [3.63, 3.8) is 0 Å². The van der Waals surface area contributed by atoms with Crippen LogP contribution in [0.25, 0.3) is 0 Å². The molecule has 1 atom stereocenters. The summed E-state index contributed by atoms with van der Waals surface area (Å²) in [6.45, 7) is 4.11. The fourth-order valence-electron chi connectivity index (χ4n) is 2.09. The molecule has 1 rings (SSSR count). The Morgan fingerprint density at radius 1 is 1.36 bits per heavy atom. The van der Waals surface area contributed by atoms with Gasteiger partial charge in [0.1, 0.15) is 6.54 Å². The van der Waals surface area contributed by atoms with E-state index in [0.29, 0.717) is 19.4 Å². The highest BCUT2D eigenvalue weighted by Crippen LogP contribution is 2.18. The van der Waals surface area contributed by atoms with E-state index in [1.54, 1.807) is 6.07 Å². The maximum Gasteiger partial charge on any atom is 0.273 e. The molecule has 4 nitrogen and oxygen atoms in total. The van der Waals surface area contributed by atoms with Crippen molar-refractivity contribution in [1.29, 1.82) is 5.26 Å². The van der Waals surface area contributed by atoms with Gasteiger partial charge in [0.25, 0.3) is 5.91 Å². The molecule has 2 N–H and O–H groups in total. The lowest BCUT2D eigenvalue weighted by atomic mass is 10.0. The number of nitrogens with zero attached hydrogens (tertiary/aromatic N) is 1. The number of nitriles is 1. The minimum atomic E-state index is -2.13. The summed E-state index contributed by atoms with van der Waals surface area (Å²) in [6.07, 6.45) is 1.33. The number of rotatable bonds is 9. The molecule has 1 amide bonds. The lowest BCUT2D eigenvalue weighted by Gasteiger charge is -2.26. The third-order valence-corrected chi connectivity index (χ3v) is 3.31. The van der Waals surface area contributed by atoms with Crippen LogP contribution in [0.15, 0.2) is 30.3 Å². The number of aryl methyl sites for hydroxylation is 1. The first-order valence-corrected chi connectivity index (χ1v) is 7.61. The van der Waals surface area contributed by atoms with E-state index in [0.717, 1.165) is 5.56 Å². The van der Waals surface area contributed by atoms with Crippen molar-refractivity contribution in [3.05, 3.63) is 35.9 Å². The van der Waals surface area contributed by atoms with E-state index < -0.39 is 11.7 Å². The zero-order valence-corrected chi connectivity index (χ0v) is 13.2. The topological polar surface area (TPSA) is 64.9 Å². The van der Waals surface area contributed by atoms with Crippen LogP contribution in [-0.2, 0) is 11.2 Å². The van der Waals surface area contributed by atoms with Gasteiger partial charge in [0.15, 0.2) is 0 Å². The van der Waals surface area contributed by atoms with Crippen molar-refractivity contribution in [1.82, 2.24) is 10.6 Å². The van der Waals surface area contributed by atoms with Crippen LogP contribution in [0.3, 0.4) is 0 Å². The minimum Gasteiger partial charge on any atom is -0.339 e. The summed E-state index contributed by atoms with van der Waals surface area (Å²) in [5, 5.41) is 13.5. The predicted molar refractivity (Wildman–Crippen MR) is 84.7 cm³/mol. The Balaban J connectivity index is 2.60. The summed E-state index contributed by atoms with van der Waals surface area (Å²) in [7, 11) is 0. The van der Waals surface area contributed by atoms with Crippen molar-refractivity contribution in [2.24, 2.45) is 5.92 Å². The summed E-state index contributed by atoms with van der Waals surface area (Å²) in [5.41, 5.74) is 1.12. The van der Waals surface area contributed by atoms with Gasteiger partial charge in [0.05, 0.1) is 6.07 Å². The first-order valence-electron chi connectivity index (χ1n) is 7.61. The van der Waals surface area contributed by atoms with Gasteiger partial charge in [0, 0.05) is 13.0 Å². The third-order valence-electron chi connectivity index (χ3n) is 3.31. The van der Waals surface area contributed by atoms with Crippen molar-refractivity contribution < 1.29 is 9.18 Å². The number of carbonyl (C=O) groups excluding carboxylic acids is 1. The number of alkyl halides is 1. The molecule has 0 spiro atoms. The first-order chi connectivity index (χ1) is 10.5. The molecule has 0 saturated carbocycles. The van der Waals surface area contributed by atoms with E-state index in [1.807, 2.05) is 44.2 Å². The maximum atomic E-state index is 14.9. The van der Waals surface area contributed by atoms with Gasteiger partial charge in [-0.3, -0.25) is 10.1 Å². The van der Waals surface area contributed by atoms with E-state index in [-0.39, 0.29) is 18.9 Å². The molecule has 1 aromatic rings. The van der Waals surface area contributed by atoms with Gasteiger partial charge in [-0.25, -0.2) is 4.39 Å². The van der Waals surface area contributed by atoms with Crippen molar-refractivity contribution in [2.45, 2.75) is 38.9 Å². The zero-order chi connectivity index (χ0) is 16.4. The molecule has 0 bridgehead atoms. The van der Waals surface area contributed by atoms with E-state index in [1.165, 1.54) is 0 Å². The Bertz CT molecular complexity index is 498. The maximum absolute atomic E-state index is 14.9. The lowest BCUT2D eigenvalue weighted by Crippen LogP contribution is -2.54. The summed E-state index contributed by atoms with van der Waals surface area (Å²) in [6, 6.07) is 11.6. The summed E-state index contributed by atoms with van der Waals surface area (Å²) >= 11 is 0. The Hall–Kier alpha value is -1.93. The molecule has 5 heteroatoms. The second kappa shape index (κ2) is 9.16. The molecule has 0 aliphatic carbocycles. The van der Waals surface area contributed by atoms with E-state index in [9.17, 15) is 9.18 Å². The second-order valence-corrected chi connectivity index (χ2v) is 5.76. The van der Waals surface area contributed by atoms with Crippen LogP contribution in [0.2, 0.25) is 0 Å². The summed E-state index contributed by atoms with van der Waals surface area (Å²) in [4.78, 5) is 12.0. The molecular formula is C17H24FN3O. The van der Waals surface area contributed by atoms with Gasteiger partial charge < -0.3 is 5.32 Å². The van der Waals surface area contributed by atoms with Gasteiger partial charge in [-0.1, -0.05) is 44.2 Å². The van der Waals surface area contributed by atoms with E-state index in [4.69, 9.17) is 5.26 Å². The number of carbonyl (C=O) groups is 1. The number of hydrogen-bond acceptors (Lipinski definition) is 3. The van der Waals surface area contributed by atoms with Gasteiger partial charge in [0.2, 0.25) is 5.79 Å². The van der Waals surface area contributed by atoms with Gasteiger partial charge in [-0.2, -0.15) is 5.26 Å². The quantitative estimate of drug-likeness (QED) is 0.544. The van der Waals surface area contributed by atoms with Crippen LogP contribution < -0.4 is 10.6 Å². The molecule has 0 radical (unpaired) electrons. The van der Waals surface area contributed by atoms with Crippen molar-refractivity contribution in [3.8, 4) is 6.07 Å². The molecule has 0 heterocycles. The highest BCUT2D eigenvalue weighted by atomic mass is 19.1. The first kappa shape index (κ1) is 18.1. The Labute approximate surface area is 131 Å².